The number of hydrogen-bond donors (Lipinski definition) is 5. The predicted molar refractivity (Wildman–Crippen MR) is 145 cm³/mol. The molecule has 0 saturated heterocycles. The number of amides is 5. The maximum atomic E-state index is 13.8. The first-order valence-corrected chi connectivity index (χ1v) is 12.5. The Hall–Kier alpha value is -5.11. The van der Waals surface area contributed by atoms with Gasteiger partial charge in [-0.1, -0.05) is 12.1 Å². The van der Waals surface area contributed by atoms with Gasteiger partial charge in [-0.05, 0) is 42.8 Å². The average Bonchev–Trinajstić information content (AvgIpc) is 2.93. The second-order valence-electron chi connectivity index (χ2n) is 9.10. The lowest BCUT2D eigenvalue weighted by Crippen LogP contribution is -2.55. The van der Waals surface area contributed by atoms with Crippen LogP contribution < -0.4 is 25.8 Å². The Labute approximate surface area is 234 Å². The minimum Gasteiger partial charge on any atom is -0.481 e. The van der Waals surface area contributed by atoms with E-state index in [1.54, 1.807) is 12.1 Å². The number of benzene rings is 2. The van der Waals surface area contributed by atoms with Gasteiger partial charge in [0.15, 0.2) is 0 Å². The summed E-state index contributed by atoms with van der Waals surface area (Å²) in [6.45, 7) is -0.225. The van der Waals surface area contributed by atoms with Crippen LogP contribution in [0.2, 0.25) is 0 Å². The van der Waals surface area contributed by atoms with Crippen LogP contribution in [0, 0.1) is 0 Å². The summed E-state index contributed by atoms with van der Waals surface area (Å²) in [6, 6.07) is 9.47. The molecule has 0 spiro atoms. The number of rotatable bonds is 10. The van der Waals surface area contributed by atoms with Crippen molar-refractivity contribution in [1.82, 2.24) is 10.6 Å². The molecule has 0 unspecified atom stereocenters. The summed E-state index contributed by atoms with van der Waals surface area (Å²) >= 11 is 0. The molecule has 14 heteroatoms. The van der Waals surface area contributed by atoms with E-state index in [1.807, 2.05) is 0 Å². The molecule has 1 aliphatic heterocycles. The number of fused-ring (bicyclic) bond motifs is 1. The SMILES string of the molecule is CC(=O)Nc1ccc(C(=O)N[C@H]2CCN(C(=O)CO)c3ccccc3N(CC(=O)N[C@H](C=O)CC(=O)O)C2=O)cc1. The van der Waals surface area contributed by atoms with E-state index in [1.165, 1.54) is 48.2 Å². The Morgan fingerprint density at radius 2 is 1.71 bits per heavy atom. The van der Waals surface area contributed by atoms with Crippen LogP contribution >= 0.6 is 0 Å². The minimum absolute atomic E-state index is 0.0551. The Bertz CT molecular complexity index is 1340. The van der Waals surface area contributed by atoms with E-state index in [2.05, 4.69) is 16.0 Å². The van der Waals surface area contributed by atoms with Gasteiger partial charge in [-0.2, -0.15) is 0 Å². The monoisotopic (exact) mass is 567 g/mol. The number of para-hydroxylation sites is 2. The molecule has 2 atom stereocenters. The van der Waals surface area contributed by atoms with Gasteiger partial charge in [-0.3, -0.25) is 33.7 Å². The van der Waals surface area contributed by atoms with Gasteiger partial charge in [-0.15, -0.1) is 0 Å². The third-order valence-electron chi connectivity index (χ3n) is 6.08. The first kappa shape index (κ1) is 30.4. The first-order valence-electron chi connectivity index (χ1n) is 12.5. The van der Waals surface area contributed by atoms with E-state index in [-0.39, 0.29) is 42.1 Å². The van der Waals surface area contributed by atoms with Crippen molar-refractivity contribution >= 4 is 58.9 Å². The zero-order chi connectivity index (χ0) is 30.1. The van der Waals surface area contributed by atoms with Crippen molar-refractivity contribution in [2.75, 3.05) is 34.8 Å². The maximum Gasteiger partial charge on any atom is 0.305 e. The highest BCUT2D eigenvalue weighted by Crippen LogP contribution is 2.32. The fourth-order valence-electron chi connectivity index (χ4n) is 4.24. The molecule has 0 aromatic heterocycles. The molecule has 0 saturated carbocycles. The summed E-state index contributed by atoms with van der Waals surface area (Å²) in [5.41, 5.74) is 0.974. The molecule has 1 heterocycles. The summed E-state index contributed by atoms with van der Waals surface area (Å²) in [5, 5.41) is 26.0. The fourth-order valence-corrected chi connectivity index (χ4v) is 4.24. The Kier molecular flexibility index (Phi) is 10.2. The standard InChI is InChI=1S/C27H29N5O9/c1-16(35)28-18-8-6-17(7-9-18)26(40)30-20-10-11-31(24(37)15-34)21-4-2-3-5-22(21)32(27(20)41)13-23(36)29-19(14-33)12-25(38)39/h2-9,14,19-20,34H,10-13,15H2,1H3,(H,28,35)(H,29,36)(H,30,40)(H,38,39)/t19-,20-/m0/s1. The molecule has 0 radical (unpaired) electrons. The molecule has 41 heavy (non-hydrogen) atoms. The Balaban J connectivity index is 1.94. The summed E-state index contributed by atoms with van der Waals surface area (Å²) in [7, 11) is 0. The summed E-state index contributed by atoms with van der Waals surface area (Å²) in [6.07, 6.45) is -0.488. The number of nitrogens with one attached hydrogen (secondary N) is 3. The van der Waals surface area contributed by atoms with Crippen LogP contribution in [0.1, 0.15) is 30.1 Å². The largest absolute Gasteiger partial charge is 0.481 e. The first-order chi connectivity index (χ1) is 19.5. The number of carboxylic acid groups (broad SMARTS) is 1. The third-order valence-corrected chi connectivity index (χ3v) is 6.08. The number of carbonyl (C=O) groups excluding carboxylic acids is 6. The summed E-state index contributed by atoms with van der Waals surface area (Å²) in [5.74, 6) is -4.49. The third kappa shape index (κ3) is 7.95. The molecule has 14 nitrogen and oxygen atoms in total. The predicted octanol–water partition coefficient (Wildman–Crippen LogP) is -0.336. The van der Waals surface area contributed by atoms with Gasteiger partial charge in [0.1, 0.15) is 25.5 Å². The highest BCUT2D eigenvalue weighted by Gasteiger charge is 2.35. The molecular weight excluding hydrogens is 538 g/mol. The van der Waals surface area contributed by atoms with E-state index in [0.717, 1.165) is 4.90 Å². The number of carbonyl (C=O) groups is 7. The molecule has 0 bridgehead atoms. The molecule has 2 aromatic carbocycles. The Morgan fingerprint density at radius 1 is 1.05 bits per heavy atom. The lowest BCUT2D eigenvalue weighted by molar-refractivity contribution is -0.139. The maximum absolute atomic E-state index is 13.8. The van der Waals surface area contributed by atoms with E-state index in [0.29, 0.717) is 5.69 Å². The smallest absolute Gasteiger partial charge is 0.305 e. The van der Waals surface area contributed by atoms with Crippen molar-refractivity contribution in [1.29, 1.82) is 0 Å². The number of anilines is 3. The van der Waals surface area contributed by atoms with Crippen molar-refractivity contribution in [2.24, 2.45) is 0 Å². The van der Waals surface area contributed by atoms with E-state index >= 15 is 0 Å². The van der Waals surface area contributed by atoms with Gasteiger partial charge < -0.3 is 35.9 Å². The number of carboxylic acids is 1. The molecule has 5 N–H and O–H groups in total. The van der Waals surface area contributed by atoms with Gasteiger partial charge in [0.2, 0.25) is 17.7 Å². The van der Waals surface area contributed by atoms with Crippen molar-refractivity contribution in [3.8, 4) is 0 Å². The molecular formula is C27H29N5O9. The minimum atomic E-state index is -1.34. The van der Waals surface area contributed by atoms with Crippen LogP contribution in [0.25, 0.3) is 0 Å². The van der Waals surface area contributed by atoms with Gasteiger partial charge in [0, 0.05) is 24.7 Å². The van der Waals surface area contributed by atoms with E-state index in [4.69, 9.17) is 5.11 Å². The van der Waals surface area contributed by atoms with Crippen LogP contribution in [0.15, 0.2) is 48.5 Å². The zero-order valence-electron chi connectivity index (χ0n) is 22.0. The number of nitrogens with zero attached hydrogens (tertiary/aromatic N) is 2. The van der Waals surface area contributed by atoms with Crippen LogP contribution in [0.4, 0.5) is 17.1 Å². The van der Waals surface area contributed by atoms with Crippen LogP contribution in [-0.4, -0.2) is 83.8 Å². The molecule has 1 aliphatic rings. The fraction of sp³-hybridized carbons (Fsp3) is 0.296. The van der Waals surface area contributed by atoms with Gasteiger partial charge in [-0.25, -0.2) is 0 Å². The Morgan fingerprint density at radius 3 is 2.29 bits per heavy atom. The van der Waals surface area contributed by atoms with Crippen molar-refractivity contribution in [3.63, 3.8) is 0 Å². The van der Waals surface area contributed by atoms with Crippen LogP contribution in [0.3, 0.4) is 0 Å². The lowest BCUT2D eigenvalue weighted by atomic mass is 10.1. The summed E-state index contributed by atoms with van der Waals surface area (Å²) in [4.78, 5) is 88.1. The lowest BCUT2D eigenvalue weighted by Gasteiger charge is -2.35. The van der Waals surface area contributed by atoms with Crippen LogP contribution in [-0.2, 0) is 28.8 Å². The number of aliphatic carboxylic acids is 1. The summed E-state index contributed by atoms with van der Waals surface area (Å²) < 4.78 is 0. The van der Waals surface area contributed by atoms with Gasteiger partial charge in [0.05, 0.1) is 23.8 Å². The van der Waals surface area contributed by atoms with Crippen molar-refractivity contribution in [2.45, 2.75) is 31.8 Å². The molecule has 0 aliphatic carbocycles. The van der Waals surface area contributed by atoms with E-state index < -0.39 is 61.3 Å². The van der Waals surface area contributed by atoms with E-state index in [9.17, 15) is 38.7 Å². The molecule has 2 aromatic rings. The van der Waals surface area contributed by atoms with Gasteiger partial charge >= 0.3 is 5.97 Å². The van der Waals surface area contributed by atoms with Crippen molar-refractivity contribution in [3.05, 3.63) is 54.1 Å². The second-order valence-corrected chi connectivity index (χ2v) is 9.10. The highest BCUT2D eigenvalue weighted by atomic mass is 16.4. The quantitative estimate of drug-likeness (QED) is 0.238. The molecule has 216 valence electrons. The van der Waals surface area contributed by atoms with Crippen molar-refractivity contribution < 1.29 is 43.8 Å². The highest BCUT2D eigenvalue weighted by molar-refractivity contribution is 6.09. The zero-order valence-corrected chi connectivity index (χ0v) is 22.0. The average molecular weight is 568 g/mol. The topological polar surface area (TPSA) is 203 Å². The second kappa shape index (κ2) is 13.8. The molecule has 5 amide bonds. The number of hydrogen-bond acceptors (Lipinski definition) is 8. The normalized spacial score (nSPS) is 15.5. The van der Waals surface area contributed by atoms with Crippen LogP contribution in [0.5, 0.6) is 0 Å². The molecule has 3 rings (SSSR count). The number of aldehydes is 1. The van der Waals surface area contributed by atoms with Gasteiger partial charge in [0.25, 0.3) is 11.8 Å². The number of aliphatic hydroxyl groups is 1. The molecule has 0 fully saturated rings. The number of aliphatic hydroxyl groups excluding tert-OH is 1.